The van der Waals surface area contributed by atoms with E-state index in [4.69, 9.17) is 0 Å². The summed E-state index contributed by atoms with van der Waals surface area (Å²) < 4.78 is 53.2. The van der Waals surface area contributed by atoms with E-state index in [1.54, 1.807) is 23.0 Å². The molecule has 0 aromatic carbocycles. The minimum absolute atomic E-state index is 0.242. The molecule has 0 radical (unpaired) electrons. The number of nitrogens with zero attached hydrogens (tertiary/aromatic N) is 3. The number of rotatable bonds is 3. The summed E-state index contributed by atoms with van der Waals surface area (Å²) in [4.78, 5) is 10.8. The maximum atomic E-state index is 12.9. The predicted molar refractivity (Wildman–Crippen MR) is 95.8 cm³/mol. The lowest BCUT2D eigenvalue weighted by Gasteiger charge is -2.06. The minimum Gasteiger partial charge on any atom is -0.325 e. The molecule has 0 spiro atoms. The summed E-state index contributed by atoms with van der Waals surface area (Å²) >= 11 is 1.57. The maximum absolute atomic E-state index is 12.9. The number of aromatic nitrogens is 3. The Labute approximate surface area is 154 Å². The van der Waals surface area contributed by atoms with Crippen LogP contribution in [0.3, 0.4) is 0 Å². The summed E-state index contributed by atoms with van der Waals surface area (Å²) in [7, 11) is 0.613. The number of pyridine rings is 1. The van der Waals surface area contributed by atoms with Crippen LogP contribution in [0.1, 0.15) is 29.5 Å². The van der Waals surface area contributed by atoms with Crippen molar-refractivity contribution < 1.29 is 17.4 Å². The molecule has 0 amide bonds. The van der Waals surface area contributed by atoms with Gasteiger partial charge >= 0.3 is 6.18 Å². The molecule has 9 heteroatoms. The van der Waals surface area contributed by atoms with Gasteiger partial charge in [0.25, 0.3) is 0 Å². The van der Waals surface area contributed by atoms with Crippen molar-refractivity contribution in [3.8, 4) is 10.7 Å². The first-order chi connectivity index (χ1) is 12.3. The van der Waals surface area contributed by atoms with Crippen LogP contribution in [0.5, 0.6) is 0 Å². The number of aryl methyl sites for hydroxylation is 2. The molecule has 1 atom stereocenters. The Morgan fingerprint density at radius 1 is 1.35 bits per heavy atom. The van der Waals surface area contributed by atoms with Gasteiger partial charge in [0.05, 0.1) is 37.8 Å². The SMILES string of the molecule is CCS(=O)c1c(-c2nc3cc(C(F)(F)F)ncc3n2C)sc2c1CCC2. The van der Waals surface area contributed by atoms with Crippen LogP contribution in [0.2, 0.25) is 0 Å². The Kier molecular flexibility index (Phi) is 4.18. The van der Waals surface area contributed by atoms with E-state index >= 15 is 0 Å². The second kappa shape index (κ2) is 6.16. The van der Waals surface area contributed by atoms with Crippen molar-refractivity contribution in [2.75, 3.05) is 5.75 Å². The summed E-state index contributed by atoms with van der Waals surface area (Å²) in [6.45, 7) is 1.87. The average molecular weight is 399 g/mol. The van der Waals surface area contributed by atoms with Crippen LogP contribution in [0.15, 0.2) is 17.2 Å². The monoisotopic (exact) mass is 399 g/mol. The molecule has 3 heterocycles. The summed E-state index contributed by atoms with van der Waals surface area (Å²) in [5.74, 6) is 1.05. The Balaban J connectivity index is 1.93. The second-order valence-corrected chi connectivity index (χ2v) is 8.98. The molecule has 0 saturated heterocycles. The van der Waals surface area contributed by atoms with E-state index in [1.807, 2.05) is 6.92 Å². The van der Waals surface area contributed by atoms with E-state index < -0.39 is 22.7 Å². The van der Waals surface area contributed by atoms with Gasteiger partial charge in [-0.25, -0.2) is 9.97 Å². The van der Waals surface area contributed by atoms with Crippen LogP contribution >= 0.6 is 11.3 Å². The zero-order chi connectivity index (χ0) is 18.6. The average Bonchev–Trinajstić information content (AvgIpc) is 3.25. The minimum atomic E-state index is -4.51. The number of hydrogen-bond acceptors (Lipinski definition) is 4. The van der Waals surface area contributed by atoms with Crippen molar-refractivity contribution in [3.05, 3.63) is 28.4 Å². The molecule has 3 aromatic rings. The molecule has 138 valence electrons. The number of thiophene rings is 1. The molecular weight excluding hydrogens is 383 g/mol. The van der Waals surface area contributed by atoms with Crippen LogP contribution < -0.4 is 0 Å². The zero-order valence-corrected chi connectivity index (χ0v) is 15.8. The third-order valence-electron chi connectivity index (χ3n) is 4.62. The van der Waals surface area contributed by atoms with Gasteiger partial charge in [0.1, 0.15) is 5.69 Å². The Hall–Kier alpha value is -1.74. The maximum Gasteiger partial charge on any atom is 0.433 e. The van der Waals surface area contributed by atoms with Gasteiger partial charge in [0.2, 0.25) is 0 Å². The van der Waals surface area contributed by atoms with Gasteiger partial charge in [-0.15, -0.1) is 11.3 Å². The highest BCUT2D eigenvalue weighted by Crippen LogP contribution is 2.43. The van der Waals surface area contributed by atoms with Gasteiger partial charge in [-0.2, -0.15) is 13.2 Å². The van der Waals surface area contributed by atoms with Gasteiger partial charge in [-0.3, -0.25) is 4.21 Å². The molecular formula is C17H16F3N3OS2. The predicted octanol–water partition coefficient (Wildman–Crippen LogP) is 4.33. The smallest absolute Gasteiger partial charge is 0.325 e. The third-order valence-corrected chi connectivity index (χ3v) is 7.47. The van der Waals surface area contributed by atoms with Crippen molar-refractivity contribution in [2.24, 2.45) is 7.05 Å². The fourth-order valence-corrected chi connectivity index (χ4v) is 6.22. The lowest BCUT2D eigenvalue weighted by molar-refractivity contribution is -0.141. The van der Waals surface area contributed by atoms with E-state index in [-0.39, 0.29) is 5.52 Å². The molecule has 0 bridgehead atoms. The number of halogens is 3. The van der Waals surface area contributed by atoms with E-state index in [9.17, 15) is 17.4 Å². The first kappa shape index (κ1) is 17.7. The zero-order valence-electron chi connectivity index (χ0n) is 14.2. The molecule has 1 aliphatic rings. The lowest BCUT2D eigenvalue weighted by atomic mass is 10.2. The van der Waals surface area contributed by atoms with Crippen molar-refractivity contribution in [1.82, 2.24) is 14.5 Å². The van der Waals surface area contributed by atoms with E-state index in [1.165, 1.54) is 11.1 Å². The molecule has 0 N–H and O–H groups in total. The van der Waals surface area contributed by atoms with Gasteiger partial charge in [0.15, 0.2) is 5.82 Å². The molecule has 4 rings (SSSR count). The quantitative estimate of drug-likeness (QED) is 0.659. The Morgan fingerprint density at radius 2 is 2.12 bits per heavy atom. The fraction of sp³-hybridized carbons (Fsp3) is 0.412. The fourth-order valence-electron chi connectivity index (χ4n) is 3.35. The molecule has 3 aromatic heterocycles. The van der Waals surface area contributed by atoms with Crippen molar-refractivity contribution >= 4 is 33.2 Å². The highest BCUT2D eigenvalue weighted by atomic mass is 32.2. The van der Waals surface area contributed by atoms with Crippen molar-refractivity contribution in [3.63, 3.8) is 0 Å². The third kappa shape index (κ3) is 2.68. The van der Waals surface area contributed by atoms with Gasteiger partial charge in [0, 0.05) is 17.7 Å². The van der Waals surface area contributed by atoms with Crippen LogP contribution in [-0.4, -0.2) is 24.5 Å². The summed E-state index contributed by atoms with van der Waals surface area (Å²) in [5, 5.41) is 0. The van der Waals surface area contributed by atoms with Crippen LogP contribution in [0, 0.1) is 0 Å². The topological polar surface area (TPSA) is 47.8 Å². The van der Waals surface area contributed by atoms with Crippen LogP contribution in [0.25, 0.3) is 21.7 Å². The van der Waals surface area contributed by atoms with Crippen LogP contribution in [0.4, 0.5) is 13.2 Å². The van der Waals surface area contributed by atoms with Gasteiger partial charge < -0.3 is 4.57 Å². The molecule has 4 nitrogen and oxygen atoms in total. The van der Waals surface area contributed by atoms with E-state index in [0.717, 1.165) is 40.7 Å². The molecule has 1 unspecified atom stereocenters. The molecule has 26 heavy (non-hydrogen) atoms. The highest BCUT2D eigenvalue weighted by molar-refractivity contribution is 7.85. The number of alkyl halides is 3. The number of fused-ring (bicyclic) bond motifs is 2. The van der Waals surface area contributed by atoms with Crippen LogP contribution in [-0.2, 0) is 36.9 Å². The lowest BCUT2D eigenvalue weighted by Crippen LogP contribution is -2.07. The summed E-state index contributed by atoms with van der Waals surface area (Å²) in [5.41, 5.74) is 0.952. The second-order valence-electron chi connectivity index (χ2n) is 6.20. The molecule has 0 aliphatic heterocycles. The van der Waals surface area contributed by atoms with Gasteiger partial charge in [-0.05, 0) is 30.9 Å². The first-order valence-electron chi connectivity index (χ1n) is 8.24. The number of imidazole rings is 1. The number of hydrogen-bond donors (Lipinski definition) is 0. The highest BCUT2D eigenvalue weighted by Gasteiger charge is 2.33. The molecule has 1 aliphatic carbocycles. The summed E-state index contributed by atoms with van der Waals surface area (Å²) in [6.07, 6.45) is -0.401. The largest absolute Gasteiger partial charge is 0.433 e. The van der Waals surface area contributed by atoms with Gasteiger partial charge in [-0.1, -0.05) is 6.92 Å². The summed E-state index contributed by atoms with van der Waals surface area (Å²) in [6, 6.07) is 0.969. The van der Waals surface area contributed by atoms with E-state index in [2.05, 4.69) is 9.97 Å². The van der Waals surface area contributed by atoms with Crippen molar-refractivity contribution in [1.29, 1.82) is 0 Å². The first-order valence-corrected chi connectivity index (χ1v) is 10.4. The standard InChI is InChI=1S/C17H16F3N3OS2/c1-3-26(24)15-9-5-4-6-12(9)25-14(15)16-22-10-7-13(17(18,19)20)21-8-11(10)23(16)2/h7-8H,3-6H2,1-2H3. The molecule has 0 fully saturated rings. The van der Waals surface area contributed by atoms with Crippen molar-refractivity contribution in [2.45, 2.75) is 37.3 Å². The van der Waals surface area contributed by atoms with E-state index in [0.29, 0.717) is 17.1 Å². The Bertz CT molecular complexity index is 1040. The Morgan fingerprint density at radius 3 is 2.81 bits per heavy atom. The normalized spacial score (nSPS) is 15.6. The molecule has 0 saturated carbocycles.